The first-order valence-electron chi connectivity index (χ1n) is 9.86. The van der Waals surface area contributed by atoms with Crippen molar-refractivity contribution in [2.24, 2.45) is 0 Å². The number of nitrogens with zero attached hydrogens (tertiary/aromatic N) is 3. The van der Waals surface area contributed by atoms with Gasteiger partial charge in [0.2, 0.25) is 4.77 Å². The SMILES string of the molecule is COc1ccc(NCc2nn(CC(=O)c3ccccc3)c(=S)n2-c2ccccc2)cc1. The zero-order valence-electron chi connectivity index (χ0n) is 17.1. The summed E-state index contributed by atoms with van der Waals surface area (Å²) in [6.07, 6.45) is 0. The highest BCUT2D eigenvalue weighted by molar-refractivity contribution is 7.71. The summed E-state index contributed by atoms with van der Waals surface area (Å²) in [5, 5.41) is 8.03. The fourth-order valence-corrected chi connectivity index (χ4v) is 3.56. The van der Waals surface area contributed by atoms with Crippen LogP contribution in [0.5, 0.6) is 5.75 Å². The van der Waals surface area contributed by atoms with Gasteiger partial charge in [-0.25, -0.2) is 4.68 Å². The lowest BCUT2D eigenvalue weighted by Crippen LogP contribution is -2.12. The molecule has 0 aliphatic rings. The highest BCUT2D eigenvalue weighted by Crippen LogP contribution is 2.18. The number of aromatic nitrogens is 3. The van der Waals surface area contributed by atoms with E-state index >= 15 is 0 Å². The number of hydrogen-bond donors (Lipinski definition) is 1. The van der Waals surface area contributed by atoms with Gasteiger partial charge < -0.3 is 10.1 Å². The fourth-order valence-electron chi connectivity index (χ4n) is 3.25. The number of ether oxygens (including phenoxy) is 1. The Morgan fingerprint density at radius 3 is 2.26 bits per heavy atom. The molecule has 0 aliphatic heterocycles. The van der Waals surface area contributed by atoms with Crippen LogP contribution >= 0.6 is 12.2 Å². The Morgan fingerprint density at radius 1 is 0.968 bits per heavy atom. The van der Waals surface area contributed by atoms with Gasteiger partial charge >= 0.3 is 0 Å². The lowest BCUT2D eigenvalue weighted by Gasteiger charge is -2.09. The Kier molecular flexibility index (Phi) is 6.24. The summed E-state index contributed by atoms with van der Waals surface area (Å²) in [5.74, 6) is 1.47. The van der Waals surface area contributed by atoms with E-state index in [0.29, 0.717) is 22.7 Å². The molecule has 1 aromatic heterocycles. The molecule has 0 radical (unpaired) electrons. The number of ketones is 1. The standard InChI is InChI=1S/C24H22N4O2S/c1-30-21-14-12-19(13-15-21)25-16-23-26-27(17-22(29)18-8-4-2-5-9-18)24(31)28(23)20-10-6-3-7-11-20/h2-15,25H,16-17H2,1H3. The third-order valence-corrected chi connectivity index (χ3v) is 5.24. The van der Waals surface area contributed by atoms with Crippen LogP contribution in [0.25, 0.3) is 5.69 Å². The van der Waals surface area contributed by atoms with E-state index in [-0.39, 0.29) is 12.3 Å². The first kappa shape index (κ1) is 20.6. The number of Topliss-reactive ketones (excluding diaryl/α,β-unsaturated/α-hetero) is 1. The van der Waals surface area contributed by atoms with Gasteiger partial charge in [0, 0.05) is 16.9 Å². The summed E-state index contributed by atoms with van der Waals surface area (Å²) in [7, 11) is 1.64. The van der Waals surface area contributed by atoms with Gasteiger partial charge in [0.05, 0.1) is 13.7 Å². The topological polar surface area (TPSA) is 61.1 Å². The van der Waals surface area contributed by atoms with Crippen LogP contribution in [0.1, 0.15) is 16.2 Å². The van der Waals surface area contributed by atoms with Crippen LogP contribution in [0.15, 0.2) is 84.9 Å². The molecule has 0 spiro atoms. The summed E-state index contributed by atoms with van der Waals surface area (Å²) < 4.78 is 9.16. The predicted molar refractivity (Wildman–Crippen MR) is 123 cm³/mol. The maximum absolute atomic E-state index is 12.7. The van der Waals surface area contributed by atoms with E-state index < -0.39 is 0 Å². The number of benzene rings is 3. The lowest BCUT2D eigenvalue weighted by molar-refractivity contribution is 0.0967. The smallest absolute Gasteiger partial charge is 0.203 e. The molecule has 4 rings (SSSR count). The van der Waals surface area contributed by atoms with Crippen molar-refractivity contribution < 1.29 is 9.53 Å². The highest BCUT2D eigenvalue weighted by atomic mass is 32.1. The summed E-state index contributed by atoms with van der Waals surface area (Å²) in [4.78, 5) is 12.7. The van der Waals surface area contributed by atoms with Crippen molar-refractivity contribution >= 4 is 23.7 Å². The number of carbonyl (C=O) groups is 1. The molecule has 0 bridgehead atoms. The maximum Gasteiger partial charge on any atom is 0.203 e. The minimum Gasteiger partial charge on any atom is -0.497 e. The van der Waals surface area contributed by atoms with Crippen molar-refractivity contribution in [3.63, 3.8) is 0 Å². The Balaban J connectivity index is 1.63. The van der Waals surface area contributed by atoms with Crippen LogP contribution < -0.4 is 10.1 Å². The average molecular weight is 431 g/mol. The first-order chi connectivity index (χ1) is 15.2. The van der Waals surface area contributed by atoms with Crippen molar-refractivity contribution in [3.05, 3.63) is 101 Å². The molecule has 0 saturated carbocycles. The molecule has 1 N–H and O–H groups in total. The monoisotopic (exact) mass is 430 g/mol. The van der Waals surface area contributed by atoms with Crippen molar-refractivity contribution in [1.29, 1.82) is 0 Å². The summed E-state index contributed by atoms with van der Waals surface area (Å²) in [6.45, 7) is 0.523. The first-order valence-corrected chi connectivity index (χ1v) is 10.3. The minimum absolute atomic E-state index is 0.0379. The third-order valence-electron chi connectivity index (χ3n) is 4.85. The second kappa shape index (κ2) is 9.40. The van der Waals surface area contributed by atoms with E-state index in [1.54, 1.807) is 23.9 Å². The molecule has 0 amide bonds. The molecular weight excluding hydrogens is 408 g/mol. The maximum atomic E-state index is 12.7. The van der Waals surface area contributed by atoms with Crippen molar-refractivity contribution in [3.8, 4) is 11.4 Å². The van der Waals surface area contributed by atoms with E-state index in [1.807, 2.05) is 77.4 Å². The van der Waals surface area contributed by atoms with Gasteiger partial charge in [-0.1, -0.05) is 48.5 Å². The van der Waals surface area contributed by atoms with Crippen LogP contribution in [0.4, 0.5) is 5.69 Å². The van der Waals surface area contributed by atoms with Crippen LogP contribution in [0, 0.1) is 4.77 Å². The molecule has 31 heavy (non-hydrogen) atoms. The number of para-hydroxylation sites is 1. The third kappa shape index (κ3) is 4.73. The number of hydrogen-bond acceptors (Lipinski definition) is 5. The number of methoxy groups -OCH3 is 1. The van der Waals surface area contributed by atoms with Crippen molar-refractivity contribution in [2.45, 2.75) is 13.1 Å². The van der Waals surface area contributed by atoms with Crippen LogP contribution in [0.3, 0.4) is 0 Å². The molecule has 0 fully saturated rings. The molecule has 6 nitrogen and oxygen atoms in total. The second-order valence-corrected chi connectivity index (χ2v) is 7.26. The fraction of sp³-hybridized carbons (Fsp3) is 0.125. The van der Waals surface area contributed by atoms with E-state index in [4.69, 9.17) is 17.0 Å². The predicted octanol–water partition coefficient (Wildman–Crippen LogP) is 4.91. The minimum atomic E-state index is -0.0379. The molecule has 7 heteroatoms. The zero-order valence-corrected chi connectivity index (χ0v) is 17.9. The van der Waals surface area contributed by atoms with Gasteiger partial charge in [0.25, 0.3) is 0 Å². The Bertz CT molecular complexity index is 1220. The normalized spacial score (nSPS) is 10.6. The van der Waals surface area contributed by atoms with Gasteiger partial charge in [-0.05, 0) is 48.6 Å². The molecular formula is C24H22N4O2S. The molecule has 0 atom stereocenters. The van der Waals surface area contributed by atoms with Gasteiger partial charge in [0.15, 0.2) is 11.6 Å². The Labute approximate surface area is 185 Å². The summed E-state index contributed by atoms with van der Waals surface area (Å²) in [5.41, 5.74) is 2.47. The summed E-state index contributed by atoms with van der Waals surface area (Å²) in [6, 6.07) is 26.6. The van der Waals surface area contributed by atoms with Gasteiger partial charge in [-0.2, -0.15) is 5.10 Å². The number of carbonyl (C=O) groups excluding carboxylic acids is 1. The Hall–Kier alpha value is -3.71. The second-order valence-electron chi connectivity index (χ2n) is 6.90. The van der Waals surface area contributed by atoms with Gasteiger partial charge in [-0.15, -0.1) is 0 Å². The molecule has 156 valence electrons. The molecule has 0 unspecified atom stereocenters. The number of nitrogens with one attached hydrogen (secondary N) is 1. The van der Waals surface area contributed by atoms with E-state index in [2.05, 4.69) is 10.4 Å². The number of anilines is 1. The van der Waals surface area contributed by atoms with E-state index in [1.165, 1.54) is 0 Å². The largest absolute Gasteiger partial charge is 0.497 e. The van der Waals surface area contributed by atoms with Crippen molar-refractivity contribution in [1.82, 2.24) is 14.3 Å². The van der Waals surface area contributed by atoms with Crippen LogP contribution in [-0.4, -0.2) is 27.2 Å². The average Bonchev–Trinajstić information content (AvgIpc) is 3.14. The van der Waals surface area contributed by atoms with Gasteiger partial charge in [-0.3, -0.25) is 9.36 Å². The molecule has 0 saturated heterocycles. The summed E-state index contributed by atoms with van der Waals surface area (Å²) >= 11 is 5.69. The number of rotatable bonds is 8. The molecule has 0 aliphatic carbocycles. The van der Waals surface area contributed by atoms with Crippen LogP contribution in [0.2, 0.25) is 0 Å². The van der Waals surface area contributed by atoms with E-state index in [9.17, 15) is 4.79 Å². The van der Waals surface area contributed by atoms with Gasteiger partial charge in [0.1, 0.15) is 12.3 Å². The van der Waals surface area contributed by atoms with Crippen molar-refractivity contribution in [2.75, 3.05) is 12.4 Å². The zero-order chi connectivity index (χ0) is 21.6. The lowest BCUT2D eigenvalue weighted by atomic mass is 10.1. The quantitative estimate of drug-likeness (QED) is 0.318. The van der Waals surface area contributed by atoms with E-state index in [0.717, 1.165) is 17.1 Å². The highest BCUT2D eigenvalue weighted by Gasteiger charge is 2.15. The van der Waals surface area contributed by atoms with Crippen LogP contribution in [-0.2, 0) is 13.1 Å². The molecule has 4 aromatic rings. The Morgan fingerprint density at radius 2 is 1.61 bits per heavy atom. The molecule has 1 heterocycles. The molecule has 3 aromatic carbocycles.